The molecule has 1 saturated heterocycles. The molecular formula is C14H17FN2O3. The van der Waals surface area contributed by atoms with E-state index in [0.29, 0.717) is 13.1 Å². The van der Waals surface area contributed by atoms with Crippen LogP contribution in [0.15, 0.2) is 18.2 Å². The number of halogens is 1. The first-order valence-corrected chi connectivity index (χ1v) is 6.66. The van der Waals surface area contributed by atoms with E-state index in [1.54, 1.807) is 4.90 Å². The minimum absolute atomic E-state index is 0.266. The van der Waals surface area contributed by atoms with Crippen molar-refractivity contribution in [1.82, 2.24) is 4.90 Å². The fourth-order valence-corrected chi connectivity index (χ4v) is 2.24. The summed E-state index contributed by atoms with van der Waals surface area (Å²) in [6, 6.07) is 3.30. The molecule has 2 N–H and O–H groups in total. The average Bonchev–Trinajstić information content (AvgIpc) is 2.67. The summed E-state index contributed by atoms with van der Waals surface area (Å²) < 4.78 is 13.5. The molecule has 1 heterocycles. The summed E-state index contributed by atoms with van der Waals surface area (Å²) in [5.74, 6) is -2.18. The second-order valence-electron chi connectivity index (χ2n) is 4.83. The number of carbonyl (C=O) groups is 2. The highest BCUT2D eigenvalue weighted by Gasteiger charge is 2.16. The van der Waals surface area contributed by atoms with Gasteiger partial charge in [0.05, 0.1) is 5.56 Å². The van der Waals surface area contributed by atoms with E-state index >= 15 is 0 Å². The zero-order valence-electron chi connectivity index (χ0n) is 11.1. The predicted molar refractivity (Wildman–Crippen MR) is 72.4 cm³/mol. The van der Waals surface area contributed by atoms with Crippen molar-refractivity contribution in [1.29, 1.82) is 0 Å². The molecule has 5 nitrogen and oxygen atoms in total. The van der Waals surface area contributed by atoms with Crippen LogP contribution in [0.4, 0.5) is 14.9 Å². The van der Waals surface area contributed by atoms with E-state index in [2.05, 4.69) is 5.32 Å². The van der Waals surface area contributed by atoms with Gasteiger partial charge in [-0.2, -0.15) is 0 Å². The predicted octanol–water partition coefficient (Wildman–Crippen LogP) is 2.93. The smallest absolute Gasteiger partial charge is 0.338 e. The number of urea groups is 1. The Morgan fingerprint density at radius 2 is 1.80 bits per heavy atom. The first-order chi connectivity index (χ1) is 9.58. The Morgan fingerprint density at radius 1 is 1.15 bits per heavy atom. The lowest BCUT2D eigenvalue weighted by Crippen LogP contribution is -2.35. The maximum Gasteiger partial charge on any atom is 0.338 e. The monoisotopic (exact) mass is 280 g/mol. The molecule has 0 radical (unpaired) electrons. The molecule has 1 aliphatic rings. The Morgan fingerprint density at radius 3 is 2.35 bits per heavy atom. The van der Waals surface area contributed by atoms with Gasteiger partial charge < -0.3 is 15.3 Å². The molecule has 108 valence electrons. The normalized spacial score (nSPS) is 15.6. The zero-order valence-corrected chi connectivity index (χ0v) is 11.1. The fraction of sp³-hybridized carbons (Fsp3) is 0.429. The van der Waals surface area contributed by atoms with Crippen molar-refractivity contribution in [2.24, 2.45) is 0 Å². The molecule has 1 aliphatic heterocycles. The van der Waals surface area contributed by atoms with Gasteiger partial charge in [0.25, 0.3) is 0 Å². The number of anilines is 1. The number of nitrogens with zero attached hydrogens (tertiary/aromatic N) is 1. The number of benzene rings is 1. The van der Waals surface area contributed by atoms with Gasteiger partial charge in [-0.25, -0.2) is 14.0 Å². The lowest BCUT2D eigenvalue weighted by atomic mass is 10.2. The van der Waals surface area contributed by atoms with Crippen molar-refractivity contribution >= 4 is 17.7 Å². The van der Waals surface area contributed by atoms with Crippen molar-refractivity contribution < 1.29 is 19.1 Å². The summed E-state index contributed by atoms with van der Waals surface area (Å²) in [7, 11) is 0. The highest BCUT2D eigenvalue weighted by molar-refractivity contribution is 5.91. The lowest BCUT2D eigenvalue weighted by molar-refractivity contribution is 0.0692. The molecule has 0 spiro atoms. The van der Waals surface area contributed by atoms with E-state index in [0.717, 1.165) is 37.8 Å². The van der Waals surface area contributed by atoms with Crippen LogP contribution in [0.5, 0.6) is 0 Å². The van der Waals surface area contributed by atoms with E-state index in [9.17, 15) is 14.0 Å². The number of aromatic carboxylic acids is 1. The first kappa shape index (κ1) is 14.3. The van der Waals surface area contributed by atoms with E-state index in [4.69, 9.17) is 5.11 Å². The largest absolute Gasteiger partial charge is 0.478 e. The third kappa shape index (κ3) is 3.46. The molecule has 1 aromatic carbocycles. The highest BCUT2D eigenvalue weighted by atomic mass is 19.1. The number of likely N-dealkylation sites (tertiary alicyclic amines) is 1. The van der Waals surface area contributed by atoms with E-state index in [-0.39, 0.29) is 11.7 Å². The molecule has 1 fully saturated rings. The summed E-state index contributed by atoms with van der Waals surface area (Å²) in [6.45, 7) is 1.39. The van der Waals surface area contributed by atoms with Crippen molar-refractivity contribution in [2.75, 3.05) is 18.4 Å². The number of hydrogen-bond acceptors (Lipinski definition) is 2. The van der Waals surface area contributed by atoms with Crippen LogP contribution in [-0.4, -0.2) is 35.1 Å². The van der Waals surface area contributed by atoms with Gasteiger partial charge >= 0.3 is 12.0 Å². The van der Waals surface area contributed by atoms with E-state index in [1.165, 1.54) is 6.07 Å². The van der Waals surface area contributed by atoms with Crippen LogP contribution in [0.2, 0.25) is 0 Å². The number of amides is 2. The topological polar surface area (TPSA) is 69.6 Å². The van der Waals surface area contributed by atoms with Crippen LogP contribution < -0.4 is 5.32 Å². The number of hydrogen-bond donors (Lipinski definition) is 2. The minimum atomic E-state index is -1.33. The van der Waals surface area contributed by atoms with Crippen LogP contribution >= 0.6 is 0 Å². The summed E-state index contributed by atoms with van der Waals surface area (Å²) >= 11 is 0. The van der Waals surface area contributed by atoms with Crippen molar-refractivity contribution in [3.63, 3.8) is 0 Å². The second kappa shape index (κ2) is 6.36. The molecule has 0 bridgehead atoms. The second-order valence-corrected chi connectivity index (χ2v) is 4.83. The molecule has 1 aromatic rings. The number of carboxylic acids is 1. The van der Waals surface area contributed by atoms with Crippen molar-refractivity contribution in [3.05, 3.63) is 29.6 Å². The maximum atomic E-state index is 13.5. The molecule has 2 rings (SSSR count). The van der Waals surface area contributed by atoms with Gasteiger partial charge in [-0.1, -0.05) is 12.8 Å². The Labute approximate surface area is 116 Å². The Bertz CT molecular complexity index is 511. The first-order valence-electron chi connectivity index (χ1n) is 6.66. The van der Waals surface area contributed by atoms with Gasteiger partial charge in [-0.3, -0.25) is 0 Å². The summed E-state index contributed by atoms with van der Waals surface area (Å²) in [4.78, 5) is 24.4. The van der Waals surface area contributed by atoms with Crippen molar-refractivity contribution in [2.45, 2.75) is 25.7 Å². The van der Waals surface area contributed by atoms with Gasteiger partial charge in [0, 0.05) is 18.8 Å². The summed E-state index contributed by atoms with van der Waals surface area (Å²) in [6.07, 6.45) is 4.18. The van der Waals surface area contributed by atoms with E-state index < -0.39 is 17.3 Å². The number of carboxylic acid groups (broad SMARTS) is 1. The average molecular weight is 280 g/mol. The third-order valence-electron chi connectivity index (χ3n) is 3.34. The van der Waals surface area contributed by atoms with Gasteiger partial charge in [0.15, 0.2) is 0 Å². The quantitative estimate of drug-likeness (QED) is 0.875. The van der Waals surface area contributed by atoms with Gasteiger partial charge in [-0.05, 0) is 31.0 Å². The van der Waals surface area contributed by atoms with Crippen LogP contribution in [0.1, 0.15) is 36.0 Å². The number of nitrogens with one attached hydrogen (secondary N) is 1. The molecule has 2 amide bonds. The Balaban J connectivity index is 2.03. The van der Waals surface area contributed by atoms with Crippen LogP contribution in [0.25, 0.3) is 0 Å². The molecule has 0 unspecified atom stereocenters. The van der Waals surface area contributed by atoms with Gasteiger partial charge in [-0.15, -0.1) is 0 Å². The van der Waals surface area contributed by atoms with Gasteiger partial charge in [0.1, 0.15) is 5.82 Å². The highest BCUT2D eigenvalue weighted by Crippen LogP contribution is 2.16. The molecule has 0 aromatic heterocycles. The van der Waals surface area contributed by atoms with Gasteiger partial charge in [0.2, 0.25) is 0 Å². The fourth-order valence-electron chi connectivity index (χ4n) is 2.24. The maximum absolute atomic E-state index is 13.5. The number of carbonyl (C=O) groups excluding carboxylic acids is 1. The molecule has 20 heavy (non-hydrogen) atoms. The van der Waals surface area contributed by atoms with Crippen LogP contribution in [0.3, 0.4) is 0 Å². The molecule has 6 heteroatoms. The number of rotatable bonds is 2. The summed E-state index contributed by atoms with van der Waals surface area (Å²) in [5.41, 5.74) is -0.139. The van der Waals surface area contributed by atoms with Crippen LogP contribution in [0, 0.1) is 5.82 Å². The SMILES string of the molecule is O=C(O)c1ccc(NC(=O)N2CCCCCC2)cc1F. The van der Waals surface area contributed by atoms with E-state index in [1.807, 2.05) is 0 Å². The minimum Gasteiger partial charge on any atom is -0.478 e. The van der Waals surface area contributed by atoms with Crippen molar-refractivity contribution in [3.8, 4) is 0 Å². The molecular weight excluding hydrogens is 263 g/mol. The summed E-state index contributed by atoms with van der Waals surface area (Å²) in [5, 5.41) is 11.3. The molecule has 0 saturated carbocycles. The third-order valence-corrected chi connectivity index (χ3v) is 3.34. The standard InChI is InChI=1S/C14H17FN2O3/c15-12-9-10(5-6-11(12)13(18)19)16-14(20)17-7-3-1-2-4-8-17/h5-6,9H,1-4,7-8H2,(H,16,20)(H,18,19). The van der Waals surface area contributed by atoms with Crippen LogP contribution in [-0.2, 0) is 0 Å². The lowest BCUT2D eigenvalue weighted by Gasteiger charge is -2.20. The Kier molecular flexibility index (Phi) is 4.55. The zero-order chi connectivity index (χ0) is 14.5. The Hall–Kier alpha value is -2.11. The molecule has 0 aliphatic carbocycles. The molecule has 0 atom stereocenters.